The second kappa shape index (κ2) is 6.90. The Bertz CT molecular complexity index is 586. The molecule has 0 saturated carbocycles. The number of fused-ring (bicyclic) bond motifs is 1. The third-order valence-corrected chi connectivity index (χ3v) is 2.83. The summed E-state index contributed by atoms with van der Waals surface area (Å²) in [6.07, 6.45) is -1.69. The highest BCUT2D eigenvalue weighted by molar-refractivity contribution is 6.30. The van der Waals surface area contributed by atoms with E-state index in [0.29, 0.717) is 5.06 Å². The SMILES string of the molecule is [B]OC(=O)[C@@H](C[B]OC=O)ON1C(=O)c2ccccc2C1=O. The summed E-state index contributed by atoms with van der Waals surface area (Å²) in [5.41, 5.74) is 0.306. The van der Waals surface area contributed by atoms with Gasteiger partial charge in [-0.1, -0.05) is 12.1 Å². The summed E-state index contributed by atoms with van der Waals surface area (Å²) in [6, 6.07) is 6.09. The van der Waals surface area contributed by atoms with Gasteiger partial charge in [-0.05, 0) is 12.1 Å². The van der Waals surface area contributed by atoms with Crippen LogP contribution in [0.25, 0.3) is 0 Å². The van der Waals surface area contributed by atoms with E-state index in [2.05, 4.69) is 9.31 Å². The fourth-order valence-electron chi connectivity index (χ4n) is 1.83. The van der Waals surface area contributed by atoms with Gasteiger partial charge in [0.2, 0.25) is 0 Å². The molecule has 0 bridgehead atoms. The van der Waals surface area contributed by atoms with Crippen LogP contribution < -0.4 is 0 Å². The number of hydrogen-bond acceptors (Lipinski definition) is 7. The van der Waals surface area contributed by atoms with Crippen molar-refractivity contribution in [2.45, 2.75) is 12.4 Å². The quantitative estimate of drug-likeness (QED) is 0.287. The molecule has 1 aliphatic heterocycles. The van der Waals surface area contributed by atoms with E-state index < -0.39 is 23.9 Å². The van der Waals surface area contributed by atoms with E-state index in [1.807, 2.05) is 0 Å². The maximum absolute atomic E-state index is 12.1. The van der Waals surface area contributed by atoms with Gasteiger partial charge in [0.15, 0.2) is 6.10 Å². The van der Waals surface area contributed by atoms with E-state index in [1.165, 1.54) is 12.1 Å². The zero-order valence-electron chi connectivity index (χ0n) is 11.1. The maximum Gasteiger partial charge on any atom is 0.378 e. The van der Waals surface area contributed by atoms with Crippen LogP contribution in [0.4, 0.5) is 0 Å². The van der Waals surface area contributed by atoms with E-state index in [4.69, 9.17) is 12.9 Å². The summed E-state index contributed by atoms with van der Waals surface area (Å²) in [6.45, 7) is 0.132. The molecule has 10 heteroatoms. The summed E-state index contributed by atoms with van der Waals surface area (Å²) in [4.78, 5) is 50.8. The van der Waals surface area contributed by atoms with Crippen LogP contribution in [0.3, 0.4) is 0 Å². The van der Waals surface area contributed by atoms with Crippen molar-refractivity contribution in [1.29, 1.82) is 0 Å². The molecule has 1 atom stereocenters. The lowest BCUT2D eigenvalue weighted by molar-refractivity contribution is -0.168. The highest BCUT2D eigenvalue weighted by atomic mass is 16.7. The molecule has 0 aromatic heterocycles. The van der Waals surface area contributed by atoms with Gasteiger partial charge < -0.3 is 9.31 Å². The zero-order chi connectivity index (χ0) is 16.1. The molecule has 1 heterocycles. The predicted octanol–water partition coefficient (Wildman–Crippen LogP) is -0.580. The van der Waals surface area contributed by atoms with Crippen LogP contribution in [-0.4, -0.2) is 51.0 Å². The first-order valence-electron chi connectivity index (χ1n) is 6.06. The second-order valence-corrected chi connectivity index (χ2v) is 4.12. The topological polar surface area (TPSA) is 99.2 Å². The lowest BCUT2D eigenvalue weighted by Crippen LogP contribution is -2.39. The molecule has 109 valence electrons. The summed E-state index contributed by atoms with van der Waals surface area (Å²) >= 11 is 0. The molecule has 0 fully saturated rings. The minimum absolute atomic E-state index is 0.132. The number of hydrogen-bond donors (Lipinski definition) is 0. The van der Waals surface area contributed by atoms with E-state index in [9.17, 15) is 19.2 Å². The van der Waals surface area contributed by atoms with Crippen molar-refractivity contribution in [3.05, 3.63) is 35.4 Å². The molecule has 0 saturated heterocycles. The van der Waals surface area contributed by atoms with Crippen LogP contribution >= 0.6 is 0 Å². The van der Waals surface area contributed by atoms with Gasteiger partial charge in [-0.3, -0.25) is 19.2 Å². The first-order chi connectivity index (χ1) is 10.6. The number of benzene rings is 1. The van der Waals surface area contributed by atoms with Crippen molar-refractivity contribution in [3.63, 3.8) is 0 Å². The number of hydroxylamine groups is 2. The van der Waals surface area contributed by atoms with Crippen molar-refractivity contribution >= 4 is 39.8 Å². The molecular weight excluding hydrogens is 292 g/mol. The van der Waals surface area contributed by atoms with Crippen LogP contribution in [0.5, 0.6) is 0 Å². The molecule has 22 heavy (non-hydrogen) atoms. The number of carbonyl (C=O) groups is 4. The van der Waals surface area contributed by atoms with Gasteiger partial charge in [-0.2, -0.15) is 0 Å². The van der Waals surface area contributed by atoms with Crippen LogP contribution in [0.1, 0.15) is 20.7 Å². The van der Waals surface area contributed by atoms with E-state index in [0.717, 1.165) is 7.48 Å². The molecule has 2 rings (SSSR count). The highest BCUT2D eigenvalue weighted by Gasteiger charge is 2.39. The molecule has 0 aliphatic carbocycles. The van der Waals surface area contributed by atoms with Crippen molar-refractivity contribution in [3.8, 4) is 0 Å². The third kappa shape index (κ3) is 3.01. The Labute approximate surface area is 127 Å². The minimum atomic E-state index is -1.42. The van der Waals surface area contributed by atoms with Crippen molar-refractivity contribution in [1.82, 2.24) is 5.06 Å². The summed E-state index contributed by atoms with van der Waals surface area (Å²) in [5, 5.41) is 0.445. The average molecular weight is 300 g/mol. The number of rotatable bonds is 7. The molecule has 0 spiro atoms. The average Bonchev–Trinajstić information content (AvgIpc) is 2.78. The van der Waals surface area contributed by atoms with Gasteiger partial charge in [0.05, 0.1) is 11.1 Å². The number of carbonyl (C=O) groups excluding carboxylic acids is 4. The fraction of sp³-hybridized carbons (Fsp3) is 0.167. The van der Waals surface area contributed by atoms with Gasteiger partial charge in [-0.15, -0.1) is 5.06 Å². The lowest BCUT2D eigenvalue weighted by atomic mass is 9.91. The largest absolute Gasteiger partial charge is 0.541 e. The number of nitrogens with zero attached hydrogens (tertiary/aromatic N) is 1. The van der Waals surface area contributed by atoms with Crippen molar-refractivity contribution in [2.24, 2.45) is 0 Å². The Morgan fingerprint density at radius 2 is 1.86 bits per heavy atom. The molecule has 1 aromatic carbocycles. The summed E-state index contributed by atoms with van der Waals surface area (Å²) in [5.74, 6) is -2.47. The Hall–Kier alpha value is -2.61. The maximum atomic E-state index is 12.1. The van der Waals surface area contributed by atoms with Crippen molar-refractivity contribution < 1.29 is 33.3 Å². The Morgan fingerprint density at radius 3 is 2.36 bits per heavy atom. The normalized spacial score (nSPS) is 14.3. The van der Waals surface area contributed by atoms with Crippen LogP contribution in [0.2, 0.25) is 6.32 Å². The predicted molar refractivity (Wildman–Crippen MR) is 71.4 cm³/mol. The Morgan fingerprint density at radius 1 is 1.27 bits per heavy atom. The van der Waals surface area contributed by atoms with E-state index >= 15 is 0 Å². The smallest absolute Gasteiger partial charge is 0.378 e. The molecule has 8 nitrogen and oxygen atoms in total. The lowest BCUT2D eigenvalue weighted by Gasteiger charge is -2.20. The molecular formula is C12H8B2NO7. The summed E-state index contributed by atoms with van der Waals surface area (Å²) in [7, 11) is 5.71. The molecule has 0 N–H and O–H groups in total. The molecule has 3 radical (unpaired) electrons. The zero-order valence-corrected chi connectivity index (χ0v) is 11.1. The van der Waals surface area contributed by atoms with E-state index in [1.54, 1.807) is 12.1 Å². The fourth-order valence-corrected chi connectivity index (χ4v) is 1.83. The number of amides is 2. The van der Waals surface area contributed by atoms with Gasteiger partial charge in [0.25, 0.3) is 18.3 Å². The van der Waals surface area contributed by atoms with Gasteiger partial charge >= 0.3 is 21.5 Å². The molecule has 1 aromatic rings. The Balaban J connectivity index is 2.13. The van der Waals surface area contributed by atoms with Crippen molar-refractivity contribution in [2.75, 3.05) is 0 Å². The molecule has 2 amide bonds. The third-order valence-electron chi connectivity index (χ3n) is 2.83. The number of imide groups is 1. The van der Waals surface area contributed by atoms with Gasteiger partial charge in [0.1, 0.15) is 0 Å². The first-order valence-corrected chi connectivity index (χ1v) is 6.06. The monoisotopic (exact) mass is 300 g/mol. The standard InChI is InChI=1S/C12H8B2NO7/c13-21-12(19)9(5-14-20-6-16)22-15-10(17)7-3-1-2-4-8(7)11(15)18/h1-4,6,9H,5H2/t9-/m1/s1. The minimum Gasteiger partial charge on any atom is -0.541 e. The second-order valence-electron chi connectivity index (χ2n) is 4.12. The Kier molecular flexibility index (Phi) is 4.95. The van der Waals surface area contributed by atoms with Gasteiger partial charge in [-0.25, -0.2) is 4.84 Å². The van der Waals surface area contributed by atoms with Crippen LogP contribution in [0.15, 0.2) is 24.3 Å². The van der Waals surface area contributed by atoms with Crippen LogP contribution in [-0.2, 0) is 23.7 Å². The molecule has 0 unspecified atom stereocenters. The van der Waals surface area contributed by atoms with Crippen LogP contribution in [0, 0.1) is 0 Å². The first kappa shape index (κ1) is 15.8. The van der Waals surface area contributed by atoms with Gasteiger partial charge in [0, 0.05) is 6.32 Å². The summed E-state index contributed by atoms with van der Waals surface area (Å²) < 4.78 is 8.34. The highest BCUT2D eigenvalue weighted by Crippen LogP contribution is 2.24. The van der Waals surface area contributed by atoms with E-state index in [-0.39, 0.29) is 23.9 Å². The molecule has 1 aliphatic rings.